The topological polar surface area (TPSA) is 46.2 Å². The van der Waals surface area contributed by atoms with Gasteiger partial charge in [0, 0.05) is 23.0 Å². The van der Waals surface area contributed by atoms with Crippen LogP contribution in [0.3, 0.4) is 0 Å². The number of hydrogen-bond donors (Lipinski definition) is 1. The van der Waals surface area contributed by atoms with Gasteiger partial charge in [-0.3, -0.25) is 9.59 Å². The molecule has 0 bridgehead atoms. The number of hydrogen-bond acceptors (Lipinski definition) is 2. The van der Waals surface area contributed by atoms with Gasteiger partial charge in [0.25, 0.3) is 0 Å². The predicted molar refractivity (Wildman–Crippen MR) is 120 cm³/mol. The van der Waals surface area contributed by atoms with E-state index in [4.69, 9.17) is 11.6 Å². The van der Waals surface area contributed by atoms with Gasteiger partial charge in [0.2, 0.25) is 5.91 Å². The maximum absolute atomic E-state index is 13.3. The van der Waals surface area contributed by atoms with Crippen LogP contribution in [0, 0.1) is 34.5 Å². The minimum atomic E-state index is 0.0804. The van der Waals surface area contributed by atoms with Crippen LogP contribution >= 0.6 is 11.6 Å². The van der Waals surface area contributed by atoms with Crippen molar-refractivity contribution in [1.29, 1.82) is 0 Å². The SMILES string of the molecule is C[C@]12CCC(=O)C=C1CCC1C2CC[C@@]2(C)C1CC[C@@H]2C(=O)Nc1ccc(Cl)cc1. The lowest BCUT2D eigenvalue weighted by Gasteiger charge is -2.58. The van der Waals surface area contributed by atoms with Crippen LogP contribution in [-0.4, -0.2) is 11.7 Å². The molecule has 0 aliphatic heterocycles. The van der Waals surface area contributed by atoms with E-state index in [-0.39, 0.29) is 22.7 Å². The molecule has 4 heteroatoms. The second kappa shape index (κ2) is 7.22. The molecule has 4 aliphatic carbocycles. The van der Waals surface area contributed by atoms with E-state index in [9.17, 15) is 9.59 Å². The van der Waals surface area contributed by atoms with Gasteiger partial charge in [-0.15, -0.1) is 0 Å². The van der Waals surface area contributed by atoms with Gasteiger partial charge in [-0.05, 0) is 104 Å². The molecule has 3 saturated carbocycles. The van der Waals surface area contributed by atoms with Crippen molar-refractivity contribution in [2.24, 2.45) is 34.5 Å². The highest BCUT2D eigenvalue weighted by molar-refractivity contribution is 6.30. The van der Waals surface area contributed by atoms with Gasteiger partial charge in [0.1, 0.15) is 0 Å². The summed E-state index contributed by atoms with van der Waals surface area (Å²) in [5, 5.41) is 3.84. The Morgan fingerprint density at radius 2 is 1.77 bits per heavy atom. The molecule has 0 saturated heterocycles. The maximum Gasteiger partial charge on any atom is 0.228 e. The Kier molecular flexibility index (Phi) is 4.89. The summed E-state index contributed by atoms with van der Waals surface area (Å²) in [4.78, 5) is 25.3. The van der Waals surface area contributed by atoms with E-state index in [0.717, 1.165) is 37.8 Å². The van der Waals surface area contributed by atoms with Crippen molar-refractivity contribution in [3.63, 3.8) is 0 Å². The average molecular weight is 426 g/mol. The zero-order valence-corrected chi connectivity index (χ0v) is 18.8. The number of benzene rings is 1. The summed E-state index contributed by atoms with van der Waals surface area (Å²) in [7, 11) is 0. The van der Waals surface area contributed by atoms with Crippen molar-refractivity contribution in [2.45, 2.75) is 65.2 Å². The molecule has 6 atom stereocenters. The second-order valence-electron chi connectivity index (χ2n) is 10.6. The van der Waals surface area contributed by atoms with Crippen LogP contribution in [0.2, 0.25) is 5.02 Å². The smallest absolute Gasteiger partial charge is 0.228 e. The number of ketones is 1. The number of fused-ring (bicyclic) bond motifs is 5. The highest BCUT2D eigenvalue weighted by atomic mass is 35.5. The highest BCUT2D eigenvalue weighted by Crippen LogP contribution is 2.66. The lowest BCUT2D eigenvalue weighted by Crippen LogP contribution is -2.51. The number of halogens is 1. The predicted octanol–water partition coefficient (Wildman–Crippen LogP) is 6.43. The molecular formula is C26H32ClNO2. The van der Waals surface area contributed by atoms with Crippen molar-refractivity contribution in [3.8, 4) is 0 Å². The van der Waals surface area contributed by atoms with Crippen LogP contribution in [0.4, 0.5) is 5.69 Å². The first-order chi connectivity index (χ1) is 14.3. The van der Waals surface area contributed by atoms with Crippen LogP contribution in [0.5, 0.6) is 0 Å². The zero-order valence-electron chi connectivity index (χ0n) is 18.0. The standard InChI is InChI=1S/C26H32ClNO2/c1-25-13-11-19(29)15-16(25)3-8-20-21-9-10-23(26(21,2)14-12-22(20)25)24(30)28-18-6-4-17(27)5-7-18/h4-7,15,20-23H,3,8-14H2,1-2H3,(H,28,30)/t20?,21?,22?,23-,25+,26+/m1/s1. The van der Waals surface area contributed by atoms with Gasteiger partial charge in [-0.1, -0.05) is 31.0 Å². The third-order valence-electron chi connectivity index (χ3n) is 9.39. The average Bonchev–Trinajstić information content (AvgIpc) is 3.07. The van der Waals surface area contributed by atoms with Crippen molar-refractivity contribution in [3.05, 3.63) is 40.9 Å². The first-order valence-electron chi connectivity index (χ1n) is 11.6. The summed E-state index contributed by atoms with van der Waals surface area (Å²) in [6.45, 7) is 4.80. The van der Waals surface area contributed by atoms with Crippen LogP contribution in [-0.2, 0) is 9.59 Å². The summed E-state index contributed by atoms with van der Waals surface area (Å²) in [6.07, 6.45) is 10.4. The molecule has 3 fully saturated rings. The summed E-state index contributed by atoms with van der Waals surface area (Å²) < 4.78 is 0. The lowest BCUT2D eigenvalue weighted by atomic mass is 9.47. The number of nitrogens with one attached hydrogen (secondary N) is 1. The fourth-order valence-electron chi connectivity index (χ4n) is 7.75. The van der Waals surface area contributed by atoms with Crippen molar-refractivity contribution < 1.29 is 9.59 Å². The Morgan fingerprint density at radius 1 is 1.00 bits per heavy atom. The van der Waals surface area contributed by atoms with Crippen LogP contribution in [0.15, 0.2) is 35.9 Å². The van der Waals surface area contributed by atoms with Crippen molar-refractivity contribution in [1.82, 2.24) is 0 Å². The van der Waals surface area contributed by atoms with Crippen molar-refractivity contribution in [2.75, 3.05) is 5.32 Å². The highest BCUT2D eigenvalue weighted by Gasteiger charge is 2.60. The van der Waals surface area contributed by atoms with E-state index >= 15 is 0 Å². The largest absolute Gasteiger partial charge is 0.326 e. The molecule has 3 unspecified atom stereocenters. The molecule has 3 nitrogen and oxygen atoms in total. The molecule has 30 heavy (non-hydrogen) atoms. The maximum atomic E-state index is 13.3. The van der Waals surface area contributed by atoms with Gasteiger partial charge < -0.3 is 5.32 Å². The number of rotatable bonds is 2. The van der Waals surface area contributed by atoms with Gasteiger partial charge in [0.15, 0.2) is 5.78 Å². The normalized spacial score (nSPS) is 40.1. The van der Waals surface area contributed by atoms with E-state index < -0.39 is 0 Å². The molecule has 4 aliphatic rings. The summed E-state index contributed by atoms with van der Waals surface area (Å²) in [6, 6.07) is 7.41. The Bertz CT molecular complexity index is 906. The molecule has 5 rings (SSSR count). The minimum Gasteiger partial charge on any atom is -0.326 e. The molecule has 160 valence electrons. The Labute approximate surface area is 184 Å². The Morgan fingerprint density at radius 3 is 2.53 bits per heavy atom. The number of amides is 1. The Hall–Kier alpha value is -1.61. The van der Waals surface area contributed by atoms with Gasteiger partial charge in [-0.25, -0.2) is 0 Å². The quantitative estimate of drug-likeness (QED) is 0.593. The number of carbonyl (C=O) groups excluding carboxylic acids is 2. The number of carbonyl (C=O) groups is 2. The molecule has 1 amide bonds. The molecule has 0 aromatic heterocycles. The zero-order chi connectivity index (χ0) is 21.1. The van der Waals surface area contributed by atoms with Crippen molar-refractivity contribution >= 4 is 29.0 Å². The van der Waals surface area contributed by atoms with E-state index in [1.165, 1.54) is 18.4 Å². The molecule has 1 aromatic rings. The van der Waals surface area contributed by atoms with E-state index in [1.54, 1.807) is 0 Å². The fourth-order valence-corrected chi connectivity index (χ4v) is 7.88. The van der Waals surface area contributed by atoms with E-state index in [0.29, 0.717) is 35.0 Å². The van der Waals surface area contributed by atoms with Gasteiger partial charge >= 0.3 is 0 Å². The lowest BCUT2D eigenvalue weighted by molar-refractivity contribution is -0.127. The molecule has 1 N–H and O–H groups in total. The first kappa shape index (κ1) is 20.3. The molecule has 0 heterocycles. The summed E-state index contributed by atoms with van der Waals surface area (Å²) >= 11 is 5.99. The third kappa shape index (κ3) is 3.07. The second-order valence-corrected chi connectivity index (χ2v) is 11.1. The van der Waals surface area contributed by atoms with Crippen LogP contribution in [0.1, 0.15) is 65.2 Å². The fraction of sp³-hybridized carbons (Fsp3) is 0.615. The van der Waals surface area contributed by atoms with Crippen LogP contribution in [0.25, 0.3) is 0 Å². The third-order valence-corrected chi connectivity index (χ3v) is 9.64. The summed E-state index contributed by atoms with van der Waals surface area (Å²) in [5.74, 6) is 2.55. The minimum absolute atomic E-state index is 0.0804. The van der Waals surface area contributed by atoms with Crippen LogP contribution < -0.4 is 5.32 Å². The van der Waals surface area contributed by atoms with Gasteiger partial charge in [0.05, 0.1) is 0 Å². The Balaban J connectivity index is 1.36. The monoisotopic (exact) mass is 425 g/mol. The molecule has 0 spiro atoms. The molecule has 1 aromatic carbocycles. The van der Waals surface area contributed by atoms with E-state index in [1.807, 2.05) is 30.3 Å². The number of anilines is 1. The molecule has 0 radical (unpaired) electrons. The number of allylic oxidation sites excluding steroid dienone is 1. The molecular weight excluding hydrogens is 394 g/mol. The van der Waals surface area contributed by atoms with Gasteiger partial charge in [-0.2, -0.15) is 0 Å². The van der Waals surface area contributed by atoms with E-state index in [2.05, 4.69) is 19.2 Å². The first-order valence-corrected chi connectivity index (χ1v) is 12.0. The summed E-state index contributed by atoms with van der Waals surface area (Å²) in [5.41, 5.74) is 2.53.